The van der Waals surface area contributed by atoms with Crippen LogP contribution in [-0.2, 0) is 15.3 Å². The lowest BCUT2D eigenvalue weighted by Crippen LogP contribution is -2.23. The summed E-state index contributed by atoms with van der Waals surface area (Å²) in [5, 5.41) is 0. The van der Waals surface area contributed by atoms with Crippen molar-refractivity contribution in [3.8, 4) is 0 Å². The Labute approximate surface area is 108 Å². The van der Waals surface area contributed by atoms with Crippen LogP contribution in [0, 0.1) is 0 Å². The molecular formula is C12H19BrO2Si. The van der Waals surface area contributed by atoms with E-state index in [2.05, 4.69) is 34.1 Å². The zero-order valence-electron chi connectivity index (χ0n) is 9.91. The highest BCUT2D eigenvalue weighted by molar-refractivity contribution is 9.10. The van der Waals surface area contributed by atoms with Crippen LogP contribution in [0.25, 0.3) is 0 Å². The summed E-state index contributed by atoms with van der Waals surface area (Å²) in [6.07, 6.45) is 1.04. The lowest BCUT2D eigenvalue weighted by Gasteiger charge is -2.14. The van der Waals surface area contributed by atoms with Gasteiger partial charge in [-0.2, -0.15) is 0 Å². The van der Waals surface area contributed by atoms with Gasteiger partial charge in [-0.15, -0.1) is 0 Å². The van der Waals surface area contributed by atoms with E-state index in [4.69, 9.17) is 8.85 Å². The second kappa shape index (κ2) is 8.01. The number of hydrogen-bond acceptors (Lipinski definition) is 2. The molecule has 0 aliphatic heterocycles. The van der Waals surface area contributed by atoms with Crippen molar-refractivity contribution in [1.29, 1.82) is 0 Å². The minimum Gasteiger partial charge on any atom is -0.397 e. The number of benzene rings is 1. The minimum absolute atomic E-state index is 0.759. The van der Waals surface area contributed by atoms with Crippen LogP contribution in [0.15, 0.2) is 28.7 Å². The summed E-state index contributed by atoms with van der Waals surface area (Å²) in [7, 11) is -1.43. The fourth-order valence-corrected chi connectivity index (χ4v) is 3.75. The van der Waals surface area contributed by atoms with E-state index in [0.717, 1.165) is 30.2 Å². The number of rotatable bonds is 7. The van der Waals surface area contributed by atoms with Crippen molar-refractivity contribution in [3.63, 3.8) is 0 Å². The normalized spacial score (nSPS) is 11.0. The average molecular weight is 303 g/mol. The van der Waals surface area contributed by atoms with Crippen LogP contribution in [-0.4, -0.2) is 22.5 Å². The van der Waals surface area contributed by atoms with Gasteiger partial charge in [-0.3, -0.25) is 0 Å². The van der Waals surface area contributed by atoms with E-state index in [-0.39, 0.29) is 0 Å². The van der Waals surface area contributed by atoms with Crippen molar-refractivity contribution in [2.75, 3.05) is 13.2 Å². The molecule has 0 bridgehead atoms. The van der Waals surface area contributed by atoms with Gasteiger partial charge in [0.2, 0.25) is 0 Å². The summed E-state index contributed by atoms with van der Waals surface area (Å²) < 4.78 is 12.4. The van der Waals surface area contributed by atoms with Crippen molar-refractivity contribution in [1.82, 2.24) is 0 Å². The maximum Gasteiger partial charge on any atom is 0.321 e. The van der Waals surface area contributed by atoms with E-state index in [1.165, 1.54) is 5.56 Å². The summed E-state index contributed by atoms with van der Waals surface area (Å²) in [4.78, 5) is 0. The third-order valence-electron chi connectivity index (χ3n) is 2.26. The molecule has 0 fully saturated rings. The second-order valence-electron chi connectivity index (χ2n) is 3.51. The van der Waals surface area contributed by atoms with Crippen LogP contribution in [0.4, 0.5) is 0 Å². The lowest BCUT2D eigenvalue weighted by molar-refractivity contribution is 0.213. The van der Waals surface area contributed by atoms with Crippen LogP contribution in [0.3, 0.4) is 0 Å². The number of hydrogen-bond donors (Lipinski definition) is 0. The van der Waals surface area contributed by atoms with Crippen molar-refractivity contribution < 1.29 is 8.85 Å². The molecule has 0 radical (unpaired) electrons. The third kappa shape index (κ3) is 5.25. The smallest absolute Gasteiger partial charge is 0.321 e. The van der Waals surface area contributed by atoms with Gasteiger partial charge in [0.05, 0.1) is 0 Å². The first kappa shape index (κ1) is 13.9. The molecule has 2 nitrogen and oxygen atoms in total. The topological polar surface area (TPSA) is 18.5 Å². The standard InChI is InChI=1S/C12H19BrO2Si/c1-3-14-16(15-4-2)9-8-11-6-5-7-12(13)10-11/h5-7,10,16H,3-4,8-9H2,1-2H3. The van der Waals surface area contributed by atoms with E-state index in [1.54, 1.807) is 0 Å². The van der Waals surface area contributed by atoms with Crippen LogP contribution >= 0.6 is 15.9 Å². The van der Waals surface area contributed by atoms with Crippen LogP contribution in [0.2, 0.25) is 6.04 Å². The average Bonchev–Trinajstić information content (AvgIpc) is 2.27. The summed E-state index contributed by atoms with van der Waals surface area (Å²) >= 11 is 3.48. The first-order valence-corrected chi connectivity index (χ1v) is 8.29. The number of halogens is 1. The van der Waals surface area contributed by atoms with Crippen molar-refractivity contribution in [3.05, 3.63) is 34.3 Å². The van der Waals surface area contributed by atoms with Gasteiger partial charge in [0, 0.05) is 17.7 Å². The molecule has 0 atom stereocenters. The SMILES string of the molecule is CCO[SiH](CCc1cccc(Br)c1)OCC. The van der Waals surface area contributed by atoms with Gasteiger partial charge in [-0.25, -0.2) is 0 Å². The highest BCUT2D eigenvalue weighted by Crippen LogP contribution is 2.14. The van der Waals surface area contributed by atoms with Gasteiger partial charge in [-0.05, 0) is 44.0 Å². The molecule has 0 aliphatic rings. The van der Waals surface area contributed by atoms with Crippen molar-refractivity contribution in [2.24, 2.45) is 0 Å². The van der Waals surface area contributed by atoms with Gasteiger partial charge in [0.1, 0.15) is 0 Å². The lowest BCUT2D eigenvalue weighted by atomic mass is 10.2. The van der Waals surface area contributed by atoms with Crippen LogP contribution in [0.5, 0.6) is 0 Å². The molecule has 0 saturated heterocycles. The van der Waals surface area contributed by atoms with Gasteiger partial charge < -0.3 is 8.85 Å². The summed E-state index contributed by atoms with van der Waals surface area (Å²) in [5.41, 5.74) is 1.34. The van der Waals surface area contributed by atoms with E-state index in [0.29, 0.717) is 0 Å². The van der Waals surface area contributed by atoms with Gasteiger partial charge in [0.25, 0.3) is 0 Å². The van der Waals surface area contributed by atoms with Gasteiger partial charge in [0.15, 0.2) is 0 Å². The van der Waals surface area contributed by atoms with E-state index < -0.39 is 9.28 Å². The molecule has 0 saturated carbocycles. The summed E-state index contributed by atoms with van der Waals surface area (Å²) in [5.74, 6) is 0. The minimum atomic E-state index is -1.43. The first-order valence-electron chi connectivity index (χ1n) is 5.74. The Morgan fingerprint density at radius 3 is 2.44 bits per heavy atom. The quantitative estimate of drug-likeness (QED) is 0.720. The zero-order valence-corrected chi connectivity index (χ0v) is 12.7. The fraction of sp³-hybridized carbons (Fsp3) is 0.500. The van der Waals surface area contributed by atoms with Crippen molar-refractivity contribution >= 4 is 25.2 Å². The molecular weight excluding hydrogens is 284 g/mol. The summed E-state index contributed by atoms with van der Waals surface area (Å²) in [6, 6.07) is 9.45. The van der Waals surface area contributed by atoms with Gasteiger partial charge in [-0.1, -0.05) is 28.1 Å². The highest BCUT2D eigenvalue weighted by atomic mass is 79.9. The molecule has 0 N–H and O–H groups in total. The Morgan fingerprint density at radius 1 is 1.19 bits per heavy atom. The zero-order chi connectivity index (χ0) is 11.8. The Kier molecular flexibility index (Phi) is 6.95. The molecule has 1 aromatic rings. The molecule has 0 unspecified atom stereocenters. The monoisotopic (exact) mass is 302 g/mol. The molecule has 0 amide bonds. The predicted molar refractivity (Wildman–Crippen MR) is 73.1 cm³/mol. The Bertz CT molecular complexity index is 301. The van der Waals surface area contributed by atoms with E-state index in [9.17, 15) is 0 Å². The van der Waals surface area contributed by atoms with Crippen molar-refractivity contribution in [2.45, 2.75) is 26.3 Å². The maximum absolute atomic E-state index is 5.64. The molecule has 0 aliphatic carbocycles. The largest absolute Gasteiger partial charge is 0.397 e. The van der Waals surface area contributed by atoms with E-state index in [1.807, 2.05) is 19.9 Å². The first-order chi connectivity index (χ1) is 7.76. The molecule has 4 heteroatoms. The van der Waals surface area contributed by atoms with Crippen LogP contribution in [0.1, 0.15) is 19.4 Å². The predicted octanol–water partition coefficient (Wildman–Crippen LogP) is 3.29. The molecule has 0 aromatic heterocycles. The highest BCUT2D eigenvalue weighted by Gasteiger charge is 2.11. The molecule has 1 rings (SSSR count). The third-order valence-corrected chi connectivity index (χ3v) is 4.93. The molecule has 90 valence electrons. The Balaban J connectivity index is 2.41. The molecule has 16 heavy (non-hydrogen) atoms. The number of aryl methyl sites for hydroxylation is 1. The molecule has 1 aromatic carbocycles. The Hall–Kier alpha value is -0.163. The second-order valence-corrected chi connectivity index (χ2v) is 6.53. The molecule has 0 spiro atoms. The van der Waals surface area contributed by atoms with Gasteiger partial charge >= 0.3 is 9.28 Å². The van der Waals surface area contributed by atoms with E-state index >= 15 is 0 Å². The Morgan fingerprint density at radius 2 is 1.88 bits per heavy atom. The maximum atomic E-state index is 5.64. The van der Waals surface area contributed by atoms with Crippen LogP contribution < -0.4 is 0 Å². The molecule has 0 heterocycles. The fourth-order valence-electron chi connectivity index (χ4n) is 1.56. The summed E-state index contributed by atoms with van der Waals surface area (Å²) in [6.45, 7) is 5.57.